The van der Waals surface area contributed by atoms with Crippen molar-refractivity contribution in [3.05, 3.63) is 28.9 Å². The molecule has 0 saturated carbocycles. The van der Waals surface area contributed by atoms with Crippen LogP contribution in [0.5, 0.6) is 5.88 Å². The van der Waals surface area contributed by atoms with Gasteiger partial charge in [-0.15, -0.1) is 6.58 Å². The molecule has 1 unspecified atom stereocenters. The average Bonchev–Trinajstić information content (AvgIpc) is 2.56. The topological polar surface area (TPSA) is 56.2 Å². The standard InChI is InChI=1S/C17H26BrN3O3/c1-6-8-23-11-14(10-22-5)24-17-15(18)9-16(13(3)20-17)19-12-21(4)7-2/h6,9,12,14H,1,7-8,10-11H2,2-5H3. The molecule has 1 aromatic heterocycles. The van der Waals surface area contributed by atoms with E-state index in [1.807, 2.05) is 24.9 Å². The van der Waals surface area contributed by atoms with E-state index in [2.05, 4.69) is 39.4 Å². The van der Waals surface area contributed by atoms with E-state index in [1.165, 1.54) is 0 Å². The summed E-state index contributed by atoms with van der Waals surface area (Å²) in [5, 5.41) is 0. The van der Waals surface area contributed by atoms with E-state index in [0.29, 0.717) is 25.7 Å². The second kappa shape index (κ2) is 11.2. The number of nitrogens with zero attached hydrogens (tertiary/aromatic N) is 3. The number of halogens is 1. The van der Waals surface area contributed by atoms with Gasteiger partial charge in [0.2, 0.25) is 5.88 Å². The van der Waals surface area contributed by atoms with Crippen molar-refractivity contribution in [2.75, 3.05) is 40.5 Å². The molecule has 6 nitrogen and oxygen atoms in total. The zero-order valence-corrected chi connectivity index (χ0v) is 16.4. The quantitative estimate of drug-likeness (QED) is 0.247. The van der Waals surface area contributed by atoms with E-state index < -0.39 is 0 Å². The van der Waals surface area contributed by atoms with Crippen LogP contribution in [0.15, 0.2) is 28.2 Å². The predicted molar refractivity (Wildman–Crippen MR) is 100 cm³/mol. The van der Waals surface area contributed by atoms with Crippen LogP contribution in [-0.2, 0) is 9.47 Å². The van der Waals surface area contributed by atoms with Crippen LogP contribution in [0.2, 0.25) is 0 Å². The van der Waals surface area contributed by atoms with Crippen LogP contribution in [-0.4, -0.2) is 62.8 Å². The molecule has 0 fully saturated rings. The second-order valence-electron chi connectivity index (χ2n) is 5.22. The van der Waals surface area contributed by atoms with E-state index in [4.69, 9.17) is 14.2 Å². The summed E-state index contributed by atoms with van der Waals surface area (Å²) in [6.07, 6.45) is 3.23. The fourth-order valence-electron chi connectivity index (χ4n) is 1.75. The highest BCUT2D eigenvalue weighted by molar-refractivity contribution is 9.10. The Labute approximate surface area is 152 Å². The first-order valence-electron chi connectivity index (χ1n) is 7.77. The summed E-state index contributed by atoms with van der Waals surface area (Å²) in [6.45, 7) is 9.75. The Morgan fingerprint density at radius 3 is 2.83 bits per heavy atom. The van der Waals surface area contributed by atoms with E-state index in [1.54, 1.807) is 19.5 Å². The number of aryl methyl sites for hydroxylation is 1. The average molecular weight is 400 g/mol. The van der Waals surface area contributed by atoms with Gasteiger partial charge < -0.3 is 19.1 Å². The molecule has 0 bridgehead atoms. The fourth-order valence-corrected chi connectivity index (χ4v) is 2.15. The van der Waals surface area contributed by atoms with Gasteiger partial charge in [-0.3, -0.25) is 0 Å². The summed E-state index contributed by atoms with van der Waals surface area (Å²) < 4.78 is 17.3. The van der Waals surface area contributed by atoms with E-state index in [-0.39, 0.29) is 6.10 Å². The first-order valence-corrected chi connectivity index (χ1v) is 8.56. The minimum absolute atomic E-state index is 0.251. The molecule has 1 aromatic rings. The van der Waals surface area contributed by atoms with Crippen molar-refractivity contribution in [1.29, 1.82) is 0 Å². The summed E-state index contributed by atoms with van der Waals surface area (Å²) >= 11 is 3.49. The normalized spacial score (nSPS) is 12.4. The molecule has 0 aliphatic rings. The SMILES string of the molecule is C=CCOCC(COC)Oc1nc(C)c(N=CN(C)CC)cc1Br. The van der Waals surface area contributed by atoms with Gasteiger partial charge in [-0.2, -0.15) is 0 Å². The largest absolute Gasteiger partial charge is 0.469 e. The number of aliphatic imine (C=N–C) groups is 1. The molecule has 7 heteroatoms. The van der Waals surface area contributed by atoms with Crippen LogP contribution in [0.1, 0.15) is 12.6 Å². The number of ether oxygens (including phenoxy) is 3. The van der Waals surface area contributed by atoms with Crippen LogP contribution in [0.25, 0.3) is 0 Å². The Morgan fingerprint density at radius 1 is 1.46 bits per heavy atom. The van der Waals surface area contributed by atoms with Crippen molar-refractivity contribution in [2.45, 2.75) is 20.0 Å². The van der Waals surface area contributed by atoms with Crippen molar-refractivity contribution in [2.24, 2.45) is 4.99 Å². The van der Waals surface area contributed by atoms with E-state index >= 15 is 0 Å². The molecule has 0 radical (unpaired) electrons. The van der Waals surface area contributed by atoms with E-state index in [9.17, 15) is 0 Å². The molecular formula is C17H26BrN3O3. The highest BCUT2D eigenvalue weighted by atomic mass is 79.9. The Hall–Kier alpha value is -1.44. The van der Waals surface area contributed by atoms with Gasteiger partial charge in [-0.05, 0) is 35.8 Å². The molecule has 0 aliphatic carbocycles. The molecule has 0 spiro atoms. The third-order valence-electron chi connectivity index (χ3n) is 3.17. The van der Waals surface area contributed by atoms with Crippen molar-refractivity contribution in [1.82, 2.24) is 9.88 Å². The zero-order valence-electron chi connectivity index (χ0n) is 14.8. The molecule has 0 saturated heterocycles. The fraction of sp³-hybridized carbons (Fsp3) is 0.529. The van der Waals surface area contributed by atoms with Gasteiger partial charge in [0.25, 0.3) is 0 Å². The molecule has 1 rings (SSSR count). The number of aromatic nitrogens is 1. The van der Waals surface area contributed by atoms with Gasteiger partial charge >= 0.3 is 0 Å². The predicted octanol–water partition coefficient (Wildman–Crippen LogP) is 3.36. The molecule has 0 aromatic carbocycles. The number of hydrogen-bond donors (Lipinski definition) is 0. The maximum atomic E-state index is 5.91. The Kier molecular flexibility index (Phi) is 9.59. The summed E-state index contributed by atoms with van der Waals surface area (Å²) in [6, 6.07) is 1.89. The molecular weight excluding hydrogens is 374 g/mol. The summed E-state index contributed by atoms with van der Waals surface area (Å²) in [5.74, 6) is 0.500. The van der Waals surface area contributed by atoms with Crippen molar-refractivity contribution in [3.8, 4) is 5.88 Å². The van der Waals surface area contributed by atoms with Crippen molar-refractivity contribution < 1.29 is 14.2 Å². The number of methoxy groups -OCH3 is 1. The highest BCUT2D eigenvalue weighted by Gasteiger charge is 2.15. The van der Waals surface area contributed by atoms with Crippen LogP contribution < -0.4 is 4.74 Å². The Balaban J connectivity index is 2.85. The molecule has 134 valence electrons. The first-order chi connectivity index (χ1) is 11.5. The third kappa shape index (κ3) is 6.98. The Bertz CT molecular complexity index is 552. The van der Waals surface area contributed by atoms with E-state index in [0.717, 1.165) is 22.4 Å². The minimum atomic E-state index is -0.251. The molecule has 0 amide bonds. The van der Waals surface area contributed by atoms with Crippen LogP contribution in [0, 0.1) is 6.92 Å². The maximum absolute atomic E-state index is 5.91. The first kappa shape index (κ1) is 20.6. The summed E-state index contributed by atoms with van der Waals surface area (Å²) in [5.41, 5.74) is 1.58. The number of rotatable bonds is 11. The lowest BCUT2D eigenvalue weighted by Gasteiger charge is -2.19. The third-order valence-corrected chi connectivity index (χ3v) is 3.74. The van der Waals surface area contributed by atoms with Crippen molar-refractivity contribution in [3.63, 3.8) is 0 Å². The van der Waals surface area contributed by atoms with Gasteiger partial charge in [0.1, 0.15) is 6.10 Å². The van der Waals surface area contributed by atoms with Gasteiger partial charge in [0.05, 0.1) is 42.0 Å². The van der Waals surface area contributed by atoms with Gasteiger partial charge in [-0.1, -0.05) is 6.08 Å². The lowest BCUT2D eigenvalue weighted by molar-refractivity contribution is 0.0126. The summed E-state index contributed by atoms with van der Waals surface area (Å²) in [7, 11) is 3.59. The lowest BCUT2D eigenvalue weighted by Crippen LogP contribution is -2.28. The monoisotopic (exact) mass is 399 g/mol. The van der Waals surface area contributed by atoms with Crippen LogP contribution in [0.3, 0.4) is 0 Å². The molecule has 0 aliphatic heterocycles. The van der Waals surface area contributed by atoms with Crippen LogP contribution >= 0.6 is 15.9 Å². The van der Waals surface area contributed by atoms with Gasteiger partial charge in [0.15, 0.2) is 0 Å². The van der Waals surface area contributed by atoms with Gasteiger partial charge in [0, 0.05) is 20.7 Å². The highest BCUT2D eigenvalue weighted by Crippen LogP contribution is 2.30. The minimum Gasteiger partial charge on any atom is -0.469 e. The zero-order chi connectivity index (χ0) is 17.9. The smallest absolute Gasteiger partial charge is 0.228 e. The molecule has 24 heavy (non-hydrogen) atoms. The molecule has 1 atom stereocenters. The Morgan fingerprint density at radius 2 is 2.21 bits per heavy atom. The number of pyridine rings is 1. The maximum Gasteiger partial charge on any atom is 0.228 e. The van der Waals surface area contributed by atoms with Gasteiger partial charge in [-0.25, -0.2) is 9.98 Å². The molecule has 0 N–H and O–H groups in total. The lowest BCUT2D eigenvalue weighted by atomic mass is 10.3. The molecule has 1 heterocycles. The number of hydrogen-bond acceptors (Lipinski definition) is 5. The van der Waals surface area contributed by atoms with Crippen molar-refractivity contribution >= 4 is 28.0 Å². The second-order valence-corrected chi connectivity index (χ2v) is 6.07. The summed E-state index contributed by atoms with van der Waals surface area (Å²) in [4.78, 5) is 10.9. The van der Waals surface area contributed by atoms with Crippen LogP contribution in [0.4, 0.5) is 5.69 Å².